The molecule has 7 heteroatoms. The standard InChI is InChI=1S/C12H16N6O/c1-9-7-11(15-14-9)12(19)18-5-2-3-10(18)8-17-6-4-13-16-17/h4,6-7,10H,2-3,5,8H2,1H3,(H,14,15)/t10-/m0/s1. The smallest absolute Gasteiger partial charge is 0.274 e. The Labute approximate surface area is 110 Å². The first-order valence-electron chi connectivity index (χ1n) is 6.41. The van der Waals surface area contributed by atoms with E-state index in [4.69, 9.17) is 0 Å². The molecule has 0 spiro atoms. The maximum Gasteiger partial charge on any atom is 0.274 e. The average Bonchev–Trinajstić information content (AvgIpc) is 3.10. The van der Waals surface area contributed by atoms with Crippen LogP contribution in [0.1, 0.15) is 29.0 Å². The molecule has 2 aromatic heterocycles. The minimum absolute atomic E-state index is 0.00744. The summed E-state index contributed by atoms with van der Waals surface area (Å²) in [5.74, 6) is -0.00744. The lowest BCUT2D eigenvalue weighted by Crippen LogP contribution is -2.38. The van der Waals surface area contributed by atoms with Crippen molar-refractivity contribution in [2.75, 3.05) is 6.54 Å². The lowest BCUT2D eigenvalue weighted by atomic mass is 10.2. The topological polar surface area (TPSA) is 79.7 Å². The molecule has 1 aliphatic heterocycles. The zero-order valence-corrected chi connectivity index (χ0v) is 10.8. The third kappa shape index (κ3) is 2.35. The van der Waals surface area contributed by atoms with Gasteiger partial charge in [0, 0.05) is 18.4 Å². The minimum Gasteiger partial charge on any atom is -0.332 e. The van der Waals surface area contributed by atoms with Gasteiger partial charge in [0.25, 0.3) is 5.91 Å². The molecule has 0 aliphatic carbocycles. The Morgan fingerprint density at radius 3 is 3.16 bits per heavy atom. The van der Waals surface area contributed by atoms with Gasteiger partial charge < -0.3 is 4.90 Å². The Morgan fingerprint density at radius 2 is 2.47 bits per heavy atom. The predicted molar refractivity (Wildman–Crippen MR) is 67.4 cm³/mol. The van der Waals surface area contributed by atoms with Crippen molar-refractivity contribution in [1.82, 2.24) is 30.1 Å². The first-order valence-corrected chi connectivity index (χ1v) is 6.41. The SMILES string of the molecule is Cc1cc(C(=O)N2CCC[C@H]2Cn2ccnn2)n[nH]1. The second-order valence-electron chi connectivity index (χ2n) is 4.86. The van der Waals surface area contributed by atoms with Gasteiger partial charge in [0.15, 0.2) is 0 Å². The van der Waals surface area contributed by atoms with Crippen LogP contribution in [-0.4, -0.2) is 48.6 Å². The van der Waals surface area contributed by atoms with Gasteiger partial charge in [-0.3, -0.25) is 14.6 Å². The zero-order chi connectivity index (χ0) is 13.2. The number of H-pyrrole nitrogens is 1. The summed E-state index contributed by atoms with van der Waals surface area (Å²) < 4.78 is 1.77. The molecule has 7 nitrogen and oxygen atoms in total. The van der Waals surface area contributed by atoms with E-state index >= 15 is 0 Å². The fraction of sp³-hybridized carbons (Fsp3) is 0.500. The number of carbonyl (C=O) groups is 1. The number of carbonyl (C=O) groups excluding carboxylic acids is 1. The molecule has 0 aromatic carbocycles. The van der Waals surface area contributed by atoms with Crippen LogP contribution in [0.4, 0.5) is 0 Å². The maximum atomic E-state index is 12.4. The molecule has 0 unspecified atom stereocenters. The van der Waals surface area contributed by atoms with Crippen LogP contribution in [0.25, 0.3) is 0 Å². The summed E-state index contributed by atoms with van der Waals surface area (Å²) in [5.41, 5.74) is 1.39. The Morgan fingerprint density at radius 1 is 1.58 bits per heavy atom. The number of amides is 1. The highest BCUT2D eigenvalue weighted by molar-refractivity contribution is 5.92. The quantitative estimate of drug-likeness (QED) is 0.877. The monoisotopic (exact) mass is 260 g/mol. The van der Waals surface area contributed by atoms with Crippen LogP contribution in [-0.2, 0) is 6.54 Å². The van der Waals surface area contributed by atoms with Crippen molar-refractivity contribution in [3.63, 3.8) is 0 Å². The molecule has 1 N–H and O–H groups in total. The number of likely N-dealkylation sites (tertiary alicyclic amines) is 1. The van der Waals surface area contributed by atoms with Crippen LogP contribution in [0.3, 0.4) is 0 Å². The van der Waals surface area contributed by atoms with Gasteiger partial charge in [-0.1, -0.05) is 5.21 Å². The van der Waals surface area contributed by atoms with Crippen LogP contribution >= 0.6 is 0 Å². The molecule has 1 saturated heterocycles. The summed E-state index contributed by atoms with van der Waals surface area (Å²) >= 11 is 0. The number of hydrogen-bond donors (Lipinski definition) is 1. The van der Waals surface area contributed by atoms with Crippen molar-refractivity contribution in [1.29, 1.82) is 0 Å². The van der Waals surface area contributed by atoms with Gasteiger partial charge in [0.2, 0.25) is 0 Å². The Balaban J connectivity index is 1.74. The van der Waals surface area contributed by atoms with E-state index in [9.17, 15) is 4.79 Å². The largest absolute Gasteiger partial charge is 0.332 e. The number of aromatic amines is 1. The van der Waals surface area contributed by atoms with Crippen LogP contribution in [0.15, 0.2) is 18.5 Å². The predicted octanol–water partition coefficient (Wildman–Crippen LogP) is 0.614. The molecular formula is C12H16N6O. The molecule has 1 aliphatic rings. The first kappa shape index (κ1) is 11.9. The molecule has 19 heavy (non-hydrogen) atoms. The summed E-state index contributed by atoms with van der Waals surface area (Å²) in [6.45, 7) is 3.36. The zero-order valence-electron chi connectivity index (χ0n) is 10.8. The van der Waals surface area contributed by atoms with E-state index in [1.165, 1.54) is 0 Å². The van der Waals surface area contributed by atoms with Gasteiger partial charge in [-0.2, -0.15) is 5.10 Å². The maximum absolute atomic E-state index is 12.4. The summed E-state index contributed by atoms with van der Waals surface area (Å²) in [6.07, 6.45) is 5.49. The van der Waals surface area contributed by atoms with Gasteiger partial charge in [-0.25, -0.2) is 0 Å². The highest BCUT2D eigenvalue weighted by atomic mass is 16.2. The Bertz CT molecular complexity index is 561. The summed E-state index contributed by atoms with van der Waals surface area (Å²) in [7, 11) is 0. The van der Waals surface area contributed by atoms with Gasteiger partial charge in [0.05, 0.1) is 18.8 Å². The molecule has 1 fully saturated rings. The van der Waals surface area contributed by atoms with Crippen molar-refractivity contribution >= 4 is 5.91 Å². The first-order chi connectivity index (χ1) is 9.24. The number of aromatic nitrogens is 5. The third-order valence-electron chi connectivity index (χ3n) is 3.43. The average molecular weight is 260 g/mol. The van der Waals surface area contributed by atoms with Crippen LogP contribution in [0.2, 0.25) is 0 Å². The van der Waals surface area contributed by atoms with E-state index < -0.39 is 0 Å². The van der Waals surface area contributed by atoms with Crippen LogP contribution < -0.4 is 0 Å². The van der Waals surface area contributed by atoms with Crippen molar-refractivity contribution < 1.29 is 4.79 Å². The van der Waals surface area contributed by atoms with Gasteiger partial charge >= 0.3 is 0 Å². The van der Waals surface area contributed by atoms with Crippen molar-refractivity contribution in [2.24, 2.45) is 0 Å². The van der Waals surface area contributed by atoms with Gasteiger partial charge in [0.1, 0.15) is 5.69 Å². The normalized spacial score (nSPS) is 19.0. The van der Waals surface area contributed by atoms with Gasteiger partial charge in [-0.05, 0) is 25.8 Å². The minimum atomic E-state index is -0.00744. The fourth-order valence-corrected chi connectivity index (χ4v) is 2.51. The van der Waals surface area contributed by atoms with E-state index in [-0.39, 0.29) is 11.9 Å². The van der Waals surface area contributed by atoms with Crippen molar-refractivity contribution in [2.45, 2.75) is 32.4 Å². The number of rotatable bonds is 3. The van der Waals surface area contributed by atoms with Crippen LogP contribution in [0.5, 0.6) is 0 Å². The number of nitrogens with one attached hydrogen (secondary N) is 1. The van der Waals surface area contributed by atoms with E-state index in [2.05, 4.69) is 20.5 Å². The molecule has 1 amide bonds. The second kappa shape index (κ2) is 4.83. The molecule has 0 bridgehead atoms. The molecule has 0 radical (unpaired) electrons. The van der Waals surface area contributed by atoms with E-state index in [1.807, 2.05) is 18.0 Å². The van der Waals surface area contributed by atoms with E-state index in [1.54, 1.807) is 16.9 Å². The molecule has 3 heterocycles. The molecule has 1 atom stereocenters. The summed E-state index contributed by atoms with van der Waals surface area (Å²) in [6, 6.07) is 1.96. The number of nitrogens with zero attached hydrogens (tertiary/aromatic N) is 5. The molecule has 0 saturated carbocycles. The lowest BCUT2D eigenvalue weighted by molar-refractivity contribution is 0.0715. The number of aryl methyl sites for hydroxylation is 1. The Kier molecular flexibility index (Phi) is 3.02. The van der Waals surface area contributed by atoms with Crippen LogP contribution in [0, 0.1) is 6.92 Å². The second-order valence-corrected chi connectivity index (χ2v) is 4.86. The van der Waals surface area contributed by atoms with Crippen molar-refractivity contribution in [3.05, 3.63) is 29.8 Å². The van der Waals surface area contributed by atoms with Gasteiger partial charge in [-0.15, -0.1) is 5.10 Å². The lowest BCUT2D eigenvalue weighted by Gasteiger charge is -2.23. The third-order valence-corrected chi connectivity index (χ3v) is 3.43. The van der Waals surface area contributed by atoms with Crippen molar-refractivity contribution in [3.8, 4) is 0 Å². The summed E-state index contributed by atoms with van der Waals surface area (Å²) in [4.78, 5) is 14.3. The fourth-order valence-electron chi connectivity index (χ4n) is 2.51. The molecule has 2 aromatic rings. The highest BCUT2D eigenvalue weighted by Gasteiger charge is 2.30. The molecule has 3 rings (SSSR count). The highest BCUT2D eigenvalue weighted by Crippen LogP contribution is 2.20. The molecular weight excluding hydrogens is 244 g/mol. The number of hydrogen-bond acceptors (Lipinski definition) is 4. The van der Waals surface area contributed by atoms with E-state index in [0.717, 1.165) is 25.1 Å². The summed E-state index contributed by atoms with van der Waals surface area (Å²) in [5, 5.41) is 14.6. The van der Waals surface area contributed by atoms with E-state index in [0.29, 0.717) is 12.2 Å². The molecule has 100 valence electrons. The Hall–Kier alpha value is -2.18.